The average molecular weight is 459 g/mol. The Morgan fingerprint density at radius 2 is 1.31 bits per heavy atom. The molecular formula is C21H19F6N3O2. The molecule has 0 radical (unpaired) electrons. The molecule has 3 rings (SSSR count). The molecule has 2 aromatic carbocycles. The molecule has 5 nitrogen and oxygen atoms in total. The summed E-state index contributed by atoms with van der Waals surface area (Å²) in [4.78, 5) is 27.7. The summed E-state index contributed by atoms with van der Waals surface area (Å²) in [5.41, 5.74) is -2.79. The predicted molar refractivity (Wildman–Crippen MR) is 104 cm³/mol. The van der Waals surface area contributed by atoms with E-state index >= 15 is 0 Å². The lowest BCUT2D eigenvalue weighted by molar-refractivity contribution is -0.138. The van der Waals surface area contributed by atoms with Crippen LogP contribution < -0.4 is 5.32 Å². The van der Waals surface area contributed by atoms with Gasteiger partial charge in [-0.3, -0.25) is 14.5 Å². The lowest BCUT2D eigenvalue weighted by Gasteiger charge is -2.34. The maximum atomic E-state index is 13.2. The highest BCUT2D eigenvalue weighted by atomic mass is 19.4. The molecule has 1 N–H and O–H groups in total. The number of hydrogen-bond acceptors (Lipinski definition) is 3. The number of carbonyl (C=O) groups excluding carboxylic acids is 2. The van der Waals surface area contributed by atoms with Gasteiger partial charge in [0, 0.05) is 26.2 Å². The number of amides is 2. The van der Waals surface area contributed by atoms with Crippen LogP contribution in [0, 0.1) is 0 Å². The molecule has 1 aliphatic heterocycles. The van der Waals surface area contributed by atoms with Gasteiger partial charge in [0.05, 0.1) is 28.9 Å². The van der Waals surface area contributed by atoms with E-state index in [0.29, 0.717) is 0 Å². The van der Waals surface area contributed by atoms with E-state index in [9.17, 15) is 35.9 Å². The molecule has 1 aliphatic rings. The van der Waals surface area contributed by atoms with Gasteiger partial charge in [-0.15, -0.1) is 0 Å². The molecule has 1 fully saturated rings. The van der Waals surface area contributed by atoms with Crippen LogP contribution in [0.2, 0.25) is 0 Å². The van der Waals surface area contributed by atoms with Gasteiger partial charge in [-0.05, 0) is 24.3 Å². The molecule has 32 heavy (non-hydrogen) atoms. The summed E-state index contributed by atoms with van der Waals surface area (Å²) < 4.78 is 78.7. The number of carbonyl (C=O) groups is 2. The Bertz CT molecular complexity index is 982. The van der Waals surface area contributed by atoms with Gasteiger partial charge in [0.15, 0.2) is 0 Å². The van der Waals surface area contributed by atoms with Gasteiger partial charge in [0.1, 0.15) is 0 Å². The fourth-order valence-corrected chi connectivity index (χ4v) is 3.43. The standard InChI is InChI=1S/C21H19F6N3O2/c22-20(23,24)15-6-2-1-5-14(15)19(32)30-11-9-29(10-12-30)13-18(31)28-17-8-4-3-7-16(17)21(25,26)27/h1-8H,9-13H2,(H,28,31). The molecule has 0 bridgehead atoms. The van der Waals surface area contributed by atoms with Gasteiger partial charge in [0.2, 0.25) is 5.91 Å². The monoisotopic (exact) mass is 459 g/mol. The molecule has 11 heteroatoms. The minimum atomic E-state index is -4.67. The van der Waals surface area contributed by atoms with Crippen LogP contribution >= 0.6 is 0 Å². The first-order chi connectivity index (χ1) is 15.0. The Morgan fingerprint density at radius 3 is 1.91 bits per heavy atom. The fraction of sp³-hybridized carbons (Fsp3) is 0.333. The highest BCUT2D eigenvalue weighted by molar-refractivity contribution is 5.96. The summed E-state index contributed by atoms with van der Waals surface area (Å²) in [6, 6.07) is 9.10. The van der Waals surface area contributed by atoms with E-state index in [0.717, 1.165) is 24.3 Å². The van der Waals surface area contributed by atoms with Crippen molar-refractivity contribution in [1.29, 1.82) is 0 Å². The Kier molecular flexibility index (Phi) is 6.77. The summed E-state index contributed by atoms with van der Waals surface area (Å²) in [6.07, 6.45) is -9.29. The molecule has 0 aliphatic carbocycles. The third kappa shape index (κ3) is 5.58. The first-order valence-electron chi connectivity index (χ1n) is 9.61. The molecule has 0 aromatic heterocycles. The Balaban J connectivity index is 1.58. The lowest BCUT2D eigenvalue weighted by Crippen LogP contribution is -2.50. The molecule has 2 aromatic rings. The van der Waals surface area contributed by atoms with Crippen LogP contribution in [-0.4, -0.2) is 54.3 Å². The SMILES string of the molecule is O=C(CN1CCN(C(=O)c2ccccc2C(F)(F)F)CC1)Nc1ccccc1C(F)(F)F. The van der Waals surface area contributed by atoms with E-state index < -0.39 is 40.9 Å². The second-order valence-corrected chi connectivity index (χ2v) is 7.20. The van der Waals surface area contributed by atoms with Gasteiger partial charge < -0.3 is 10.2 Å². The predicted octanol–water partition coefficient (Wildman–Crippen LogP) is 4.12. The van der Waals surface area contributed by atoms with Crippen LogP contribution in [0.1, 0.15) is 21.5 Å². The van der Waals surface area contributed by atoms with Crippen LogP contribution in [0.4, 0.5) is 32.0 Å². The van der Waals surface area contributed by atoms with Crippen molar-refractivity contribution in [2.45, 2.75) is 12.4 Å². The fourth-order valence-electron chi connectivity index (χ4n) is 3.43. The molecule has 0 saturated carbocycles. The summed E-state index contributed by atoms with van der Waals surface area (Å²) in [7, 11) is 0. The summed E-state index contributed by atoms with van der Waals surface area (Å²) in [5.74, 6) is -1.43. The first-order valence-corrected chi connectivity index (χ1v) is 9.61. The van der Waals surface area contributed by atoms with Gasteiger partial charge in [0.25, 0.3) is 5.91 Å². The number of benzene rings is 2. The second kappa shape index (κ2) is 9.19. The zero-order chi connectivity index (χ0) is 23.5. The maximum absolute atomic E-state index is 13.2. The highest BCUT2D eigenvalue weighted by Crippen LogP contribution is 2.35. The average Bonchev–Trinajstić information content (AvgIpc) is 2.73. The van der Waals surface area contributed by atoms with Gasteiger partial charge in [-0.1, -0.05) is 24.3 Å². The normalized spacial score (nSPS) is 15.5. The van der Waals surface area contributed by atoms with Crippen molar-refractivity contribution in [3.63, 3.8) is 0 Å². The number of alkyl halides is 6. The van der Waals surface area contributed by atoms with Crippen LogP contribution in [0.3, 0.4) is 0 Å². The number of anilines is 1. The van der Waals surface area contributed by atoms with Gasteiger partial charge >= 0.3 is 12.4 Å². The smallest absolute Gasteiger partial charge is 0.336 e. The minimum absolute atomic E-state index is 0.0808. The molecule has 0 atom stereocenters. The molecule has 1 heterocycles. The van der Waals surface area contributed by atoms with E-state index in [1.807, 2.05) is 0 Å². The number of rotatable bonds is 4. The molecule has 2 amide bonds. The highest BCUT2D eigenvalue weighted by Gasteiger charge is 2.37. The van der Waals surface area contributed by atoms with Crippen molar-refractivity contribution in [3.8, 4) is 0 Å². The molecular weight excluding hydrogens is 440 g/mol. The minimum Gasteiger partial charge on any atom is -0.336 e. The Hall–Kier alpha value is -3.08. The largest absolute Gasteiger partial charge is 0.418 e. The van der Waals surface area contributed by atoms with E-state index in [2.05, 4.69) is 5.32 Å². The Labute approximate surface area is 179 Å². The maximum Gasteiger partial charge on any atom is 0.418 e. The zero-order valence-electron chi connectivity index (χ0n) is 16.6. The van der Waals surface area contributed by atoms with Crippen molar-refractivity contribution < 1.29 is 35.9 Å². The van der Waals surface area contributed by atoms with Crippen LogP contribution in [0.5, 0.6) is 0 Å². The lowest BCUT2D eigenvalue weighted by atomic mass is 10.1. The topological polar surface area (TPSA) is 52.7 Å². The molecule has 172 valence electrons. The number of nitrogens with one attached hydrogen (secondary N) is 1. The van der Waals surface area contributed by atoms with Gasteiger partial charge in [-0.2, -0.15) is 26.3 Å². The van der Waals surface area contributed by atoms with E-state index in [-0.39, 0.29) is 38.4 Å². The second-order valence-electron chi connectivity index (χ2n) is 7.20. The number of halogens is 6. The van der Waals surface area contributed by atoms with Crippen molar-refractivity contribution in [2.75, 3.05) is 38.0 Å². The molecule has 0 unspecified atom stereocenters. The first kappa shape index (κ1) is 23.6. The van der Waals surface area contributed by atoms with E-state index in [4.69, 9.17) is 0 Å². The van der Waals surface area contributed by atoms with Crippen LogP contribution in [-0.2, 0) is 17.1 Å². The third-order valence-electron chi connectivity index (χ3n) is 5.00. The van der Waals surface area contributed by atoms with Gasteiger partial charge in [-0.25, -0.2) is 0 Å². The molecule has 0 spiro atoms. The Morgan fingerprint density at radius 1 is 0.781 bits per heavy atom. The third-order valence-corrected chi connectivity index (χ3v) is 5.00. The van der Waals surface area contributed by atoms with Crippen LogP contribution in [0.25, 0.3) is 0 Å². The number of nitrogens with zero attached hydrogens (tertiary/aromatic N) is 2. The molecule has 1 saturated heterocycles. The summed E-state index contributed by atoms with van der Waals surface area (Å²) in [5, 5.41) is 2.24. The quantitative estimate of drug-likeness (QED) is 0.700. The zero-order valence-corrected chi connectivity index (χ0v) is 16.6. The number of piperazine rings is 1. The summed E-state index contributed by atoms with van der Waals surface area (Å²) in [6.45, 7) is 0.324. The number of para-hydroxylation sites is 1. The van der Waals surface area contributed by atoms with Crippen molar-refractivity contribution in [1.82, 2.24) is 9.80 Å². The number of hydrogen-bond donors (Lipinski definition) is 1. The van der Waals surface area contributed by atoms with Crippen LogP contribution in [0.15, 0.2) is 48.5 Å². The summed E-state index contributed by atoms with van der Waals surface area (Å²) >= 11 is 0. The van der Waals surface area contributed by atoms with E-state index in [1.54, 1.807) is 4.90 Å². The van der Waals surface area contributed by atoms with Crippen molar-refractivity contribution in [2.24, 2.45) is 0 Å². The van der Waals surface area contributed by atoms with Crippen molar-refractivity contribution in [3.05, 3.63) is 65.2 Å². The van der Waals surface area contributed by atoms with E-state index in [1.165, 1.54) is 29.2 Å². The van der Waals surface area contributed by atoms with Crippen molar-refractivity contribution >= 4 is 17.5 Å².